The van der Waals surface area contributed by atoms with Crippen molar-refractivity contribution in [1.29, 1.82) is 0 Å². The van der Waals surface area contributed by atoms with Gasteiger partial charge in [0.05, 0.1) is 0 Å². The van der Waals surface area contributed by atoms with Crippen LogP contribution in [0.4, 0.5) is 16.2 Å². The zero-order valence-electron chi connectivity index (χ0n) is 8.79. The highest BCUT2D eigenvalue weighted by Crippen LogP contribution is 2.12. The third-order valence-electron chi connectivity index (χ3n) is 1.97. The van der Waals surface area contributed by atoms with Gasteiger partial charge in [0.25, 0.3) is 10.9 Å². The van der Waals surface area contributed by atoms with E-state index in [2.05, 4.69) is 16.0 Å². The minimum atomic E-state index is -1.13. The number of carboxylic acid groups (broad SMARTS) is 1. The molecule has 1 aromatic carbocycles. The van der Waals surface area contributed by atoms with Crippen molar-refractivity contribution in [2.24, 2.45) is 0 Å². The van der Waals surface area contributed by atoms with E-state index in [1.165, 1.54) is 0 Å². The van der Waals surface area contributed by atoms with Gasteiger partial charge >= 0.3 is 6.09 Å². The molecule has 0 radical (unpaired) electrons. The smallest absolute Gasteiger partial charge is 0.404 e. The molecule has 0 unspecified atom stereocenters. The van der Waals surface area contributed by atoms with E-state index in [-0.39, 0.29) is 24.5 Å². The molecule has 0 aromatic heterocycles. The Morgan fingerprint density at radius 2 is 1.69 bits per heavy atom. The number of hydrogen-bond acceptors (Lipinski definition) is 5. The van der Waals surface area contributed by atoms with Crippen molar-refractivity contribution >= 4 is 17.5 Å². The van der Waals surface area contributed by atoms with Crippen molar-refractivity contribution in [2.45, 2.75) is 6.92 Å². The lowest BCUT2D eigenvalue weighted by Crippen LogP contribution is -2.38. The summed E-state index contributed by atoms with van der Waals surface area (Å²) >= 11 is 0. The summed E-state index contributed by atoms with van der Waals surface area (Å²) in [6.07, 6.45) is -1.13. The molecule has 0 saturated carbocycles. The number of anilines is 2. The van der Waals surface area contributed by atoms with E-state index in [0.717, 1.165) is 0 Å². The molecule has 88 valence electrons. The molecule has 0 aliphatic rings. The average Bonchev–Trinajstić information content (AvgIpc) is 2.26. The van der Waals surface area contributed by atoms with Crippen molar-refractivity contribution < 1.29 is 9.90 Å². The topological polar surface area (TPSA) is 108 Å². The van der Waals surface area contributed by atoms with E-state index in [4.69, 9.17) is 5.11 Å². The van der Waals surface area contributed by atoms with Crippen molar-refractivity contribution in [2.75, 3.05) is 30.3 Å². The highest BCUT2D eigenvalue weighted by molar-refractivity contribution is 5.74. The Kier molecular flexibility index (Phi) is 3.87. The Morgan fingerprint density at radius 3 is 2.19 bits per heavy atom. The first-order valence-electron chi connectivity index (χ1n) is 4.85. The third kappa shape index (κ3) is 2.50. The summed E-state index contributed by atoms with van der Waals surface area (Å²) in [6, 6.07) is 0. The predicted octanol–water partition coefficient (Wildman–Crippen LogP) is -0.606. The molecular weight excluding hydrogens is 214 g/mol. The second-order valence-electron chi connectivity index (χ2n) is 3.10. The maximum Gasteiger partial charge on any atom is 0.404 e. The fourth-order valence-electron chi connectivity index (χ4n) is 1.26. The lowest BCUT2D eigenvalue weighted by Gasteiger charge is -2.13. The van der Waals surface area contributed by atoms with Crippen LogP contribution in [0.5, 0.6) is 0 Å². The number of amides is 1. The molecule has 0 fully saturated rings. The second-order valence-corrected chi connectivity index (χ2v) is 3.10. The summed E-state index contributed by atoms with van der Waals surface area (Å²) in [5.74, 6) is 0. The summed E-state index contributed by atoms with van der Waals surface area (Å²) in [5, 5.41) is 15.9. The average molecular weight is 227 g/mol. The van der Waals surface area contributed by atoms with Crippen LogP contribution >= 0.6 is 0 Å². The van der Waals surface area contributed by atoms with Crippen molar-refractivity contribution in [3.63, 3.8) is 0 Å². The van der Waals surface area contributed by atoms with E-state index in [1.54, 1.807) is 0 Å². The Morgan fingerprint density at radius 1 is 1.12 bits per heavy atom. The van der Waals surface area contributed by atoms with E-state index in [1.807, 2.05) is 6.92 Å². The van der Waals surface area contributed by atoms with Crippen LogP contribution in [0.3, 0.4) is 0 Å². The van der Waals surface area contributed by atoms with Crippen LogP contribution in [0.15, 0.2) is 9.59 Å². The van der Waals surface area contributed by atoms with Crippen LogP contribution in [0.2, 0.25) is 0 Å². The first-order valence-corrected chi connectivity index (χ1v) is 4.85. The summed E-state index contributed by atoms with van der Waals surface area (Å²) < 4.78 is 0. The van der Waals surface area contributed by atoms with Gasteiger partial charge in [-0.3, -0.25) is 9.59 Å². The van der Waals surface area contributed by atoms with Gasteiger partial charge in [-0.05, 0) is 6.92 Å². The molecule has 16 heavy (non-hydrogen) atoms. The van der Waals surface area contributed by atoms with Crippen LogP contribution in [-0.4, -0.2) is 30.8 Å². The van der Waals surface area contributed by atoms with Crippen molar-refractivity contribution in [3.8, 4) is 0 Å². The van der Waals surface area contributed by atoms with E-state index >= 15 is 0 Å². The van der Waals surface area contributed by atoms with Crippen LogP contribution in [0.1, 0.15) is 6.92 Å². The largest absolute Gasteiger partial charge is 0.465 e. The quantitative estimate of drug-likeness (QED) is 0.381. The van der Waals surface area contributed by atoms with Gasteiger partial charge in [-0.2, -0.15) is 0 Å². The number of carbonyl (C=O) groups is 1. The Labute approximate surface area is 91.2 Å². The van der Waals surface area contributed by atoms with Gasteiger partial charge in [0.2, 0.25) is 0 Å². The Balaban J connectivity index is 2.48. The molecule has 1 amide bonds. The third-order valence-corrected chi connectivity index (χ3v) is 1.97. The van der Waals surface area contributed by atoms with Gasteiger partial charge in [0.15, 0.2) is 0 Å². The fourth-order valence-corrected chi connectivity index (χ4v) is 1.26. The zero-order chi connectivity index (χ0) is 12.1. The molecule has 0 saturated heterocycles. The molecule has 0 heterocycles. The van der Waals surface area contributed by atoms with Gasteiger partial charge in [-0.15, -0.1) is 0 Å². The maximum absolute atomic E-state index is 11.1. The molecule has 7 heteroatoms. The molecule has 1 aromatic rings. The van der Waals surface area contributed by atoms with Gasteiger partial charge in [0.1, 0.15) is 11.4 Å². The van der Waals surface area contributed by atoms with Crippen LogP contribution in [0.25, 0.3) is 0 Å². The minimum Gasteiger partial charge on any atom is -0.465 e. The standard InChI is InChI=1S/C9H13N3O4/c1-2-10-5-6(8(14)7(5)13)11-3-4-12-9(15)16/h10-12H,2-4H2,1H3,(H,15,16). The molecule has 0 bridgehead atoms. The van der Waals surface area contributed by atoms with Gasteiger partial charge in [0, 0.05) is 19.6 Å². The summed E-state index contributed by atoms with van der Waals surface area (Å²) in [6.45, 7) is 2.79. The highest BCUT2D eigenvalue weighted by Gasteiger charge is 2.19. The molecule has 4 N–H and O–H groups in total. The predicted molar refractivity (Wildman–Crippen MR) is 60.0 cm³/mol. The molecule has 7 nitrogen and oxygen atoms in total. The molecular formula is C9H13N3O4. The maximum atomic E-state index is 11.1. The first kappa shape index (κ1) is 12.0. The highest BCUT2D eigenvalue weighted by atomic mass is 16.4. The number of hydrogen-bond donors (Lipinski definition) is 4. The van der Waals surface area contributed by atoms with Gasteiger partial charge in [-0.25, -0.2) is 4.79 Å². The fraction of sp³-hybridized carbons (Fsp3) is 0.444. The van der Waals surface area contributed by atoms with E-state index < -0.39 is 17.0 Å². The van der Waals surface area contributed by atoms with Gasteiger partial charge in [-0.1, -0.05) is 0 Å². The SMILES string of the molecule is CCNc1c(NCCNC(=O)O)c(=O)c1=O. The van der Waals surface area contributed by atoms with Crippen molar-refractivity contribution in [3.05, 3.63) is 20.4 Å². The van der Waals surface area contributed by atoms with Crippen LogP contribution in [0, 0.1) is 0 Å². The van der Waals surface area contributed by atoms with Gasteiger partial charge < -0.3 is 21.1 Å². The molecule has 0 aliphatic heterocycles. The monoisotopic (exact) mass is 227 g/mol. The Hall–Kier alpha value is -2.05. The lowest BCUT2D eigenvalue weighted by molar-refractivity contribution is 0.195. The summed E-state index contributed by atoms with van der Waals surface area (Å²) in [7, 11) is 0. The molecule has 0 atom stereocenters. The van der Waals surface area contributed by atoms with E-state index in [9.17, 15) is 14.4 Å². The van der Waals surface area contributed by atoms with Crippen LogP contribution in [-0.2, 0) is 0 Å². The van der Waals surface area contributed by atoms with E-state index in [0.29, 0.717) is 6.54 Å². The minimum absolute atomic E-state index is 0.166. The van der Waals surface area contributed by atoms with Crippen molar-refractivity contribution in [1.82, 2.24) is 5.32 Å². The number of nitrogens with one attached hydrogen (secondary N) is 3. The normalized spacial score (nSPS) is 10.1. The Bertz CT molecular complexity index is 448. The first-order chi connectivity index (χ1) is 7.57. The summed E-state index contributed by atoms with van der Waals surface area (Å²) in [4.78, 5) is 32.3. The zero-order valence-corrected chi connectivity index (χ0v) is 8.79. The molecule has 0 aliphatic carbocycles. The lowest BCUT2D eigenvalue weighted by atomic mass is 10.2. The number of rotatable bonds is 6. The van der Waals surface area contributed by atoms with Crippen LogP contribution < -0.4 is 26.8 Å². The summed E-state index contributed by atoms with van der Waals surface area (Å²) in [5.41, 5.74) is -0.580. The second kappa shape index (κ2) is 5.15. The molecule has 1 rings (SSSR count). The molecule has 0 spiro atoms.